The molecule has 28 heavy (non-hydrogen) atoms. The van der Waals surface area contributed by atoms with E-state index in [1.54, 1.807) is 0 Å². The second kappa shape index (κ2) is 8.29. The number of amides is 1. The van der Waals surface area contributed by atoms with Crippen LogP contribution in [0.4, 0.5) is 0 Å². The van der Waals surface area contributed by atoms with E-state index in [0.717, 1.165) is 36.5 Å². The van der Waals surface area contributed by atoms with Gasteiger partial charge in [-0.05, 0) is 55.7 Å². The monoisotopic (exact) mass is 380 g/mol. The van der Waals surface area contributed by atoms with Gasteiger partial charge in [0.1, 0.15) is 11.5 Å². The van der Waals surface area contributed by atoms with E-state index in [1.165, 1.54) is 0 Å². The lowest BCUT2D eigenvalue weighted by Gasteiger charge is -2.23. The van der Waals surface area contributed by atoms with Crippen LogP contribution < -0.4 is 9.47 Å². The number of ether oxygens (including phenoxy) is 2. The molecule has 1 aliphatic heterocycles. The molecule has 1 amide bonds. The van der Waals surface area contributed by atoms with Crippen molar-refractivity contribution in [3.63, 3.8) is 0 Å². The molecule has 1 fully saturated rings. The Balaban J connectivity index is 1.40. The van der Waals surface area contributed by atoms with Crippen molar-refractivity contribution >= 4 is 11.6 Å². The molecule has 0 bridgehead atoms. The molecule has 0 spiro atoms. The predicted molar refractivity (Wildman–Crippen MR) is 104 cm³/mol. The van der Waals surface area contributed by atoms with Crippen molar-refractivity contribution < 1.29 is 14.3 Å². The largest absolute Gasteiger partial charge is 0.494 e. The fourth-order valence-corrected chi connectivity index (χ4v) is 3.50. The van der Waals surface area contributed by atoms with Crippen molar-refractivity contribution in [1.82, 2.24) is 19.5 Å². The molecule has 1 atom stereocenters. The van der Waals surface area contributed by atoms with Crippen LogP contribution in [0.15, 0.2) is 48.7 Å². The number of likely N-dealkylation sites (tertiary alicyclic amines) is 1. The van der Waals surface area contributed by atoms with Gasteiger partial charge in [-0.15, -0.1) is 10.2 Å². The van der Waals surface area contributed by atoms with E-state index in [9.17, 15) is 4.79 Å². The number of benzene rings is 1. The molecule has 4 rings (SSSR count). The summed E-state index contributed by atoms with van der Waals surface area (Å²) >= 11 is 0. The molecule has 146 valence electrons. The Morgan fingerprint density at radius 1 is 1.11 bits per heavy atom. The summed E-state index contributed by atoms with van der Waals surface area (Å²) in [5.74, 6) is 2.22. The van der Waals surface area contributed by atoms with Crippen LogP contribution in [0.25, 0.3) is 5.65 Å². The van der Waals surface area contributed by atoms with Crippen molar-refractivity contribution in [2.24, 2.45) is 0 Å². The third-order valence-electron chi connectivity index (χ3n) is 4.87. The lowest BCUT2D eigenvalue weighted by Crippen LogP contribution is -2.35. The number of hydrogen-bond donors (Lipinski definition) is 0. The minimum absolute atomic E-state index is 0.00238. The molecular weight excluding hydrogens is 356 g/mol. The molecule has 0 saturated carbocycles. The number of hydrogen-bond acceptors (Lipinski definition) is 5. The van der Waals surface area contributed by atoms with Crippen LogP contribution in [0.1, 0.15) is 38.1 Å². The van der Waals surface area contributed by atoms with Gasteiger partial charge < -0.3 is 14.4 Å². The van der Waals surface area contributed by atoms with E-state index in [-0.39, 0.29) is 18.6 Å². The van der Waals surface area contributed by atoms with Gasteiger partial charge in [0.15, 0.2) is 18.1 Å². The maximum Gasteiger partial charge on any atom is 0.261 e. The summed E-state index contributed by atoms with van der Waals surface area (Å²) < 4.78 is 13.2. The molecule has 7 heteroatoms. The zero-order valence-corrected chi connectivity index (χ0v) is 16.0. The minimum atomic E-state index is -0.0710. The first-order valence-corrected chi connectivity index (χ1v) is 9.71. The average Bonchev–Trinajstić information content (AvgIpc) is 3.38. The average molecular weight is 380 g/mol. The highest BCUT2D eigenvalue weighted by atomic mass is 16.5. The summed E-state index contributed by atoms with van der Waals surface area (Å²) in [6.07, 6.45) is 4.72. The Kier molecular flexibility index (Phi) is 5.41. The van der Waals surface area contributed by atoms with Gasteiger partial charge >= 0.3 is 0 Å². The Bertz CT molecular complexity index is 938. The zero-order valence-electron chi connectivity index (χ0n) is 16.0. The van der Waals surface area contributed by atoms with Crippen molar-refractivity contribution in [3.8, 4) is 11.5 Å². The van der Waals surface area contributed by atoms with E-state index in [4.69, 9.17) is 9.47 Å². The van der Waals surface area contributed by atoms with Crippen molar-refractivity contribution in [2.75, 3.05) is 19.8 Å². The molecule has 1 saturated heterocycles. The van der Waals surface area contributed by atoms with Crippen molar-refractivity contribution in [1.29, 1.82) is 0 Å². The Morgan fingerprint density at radius 3 is 2.68 bits per heavy atom. The highest BCUT2D eigenvalue weighted by Gasteiger charge is 2.33. The second-order valence-electron chi connectivity index (χ2n) is 6.84. The molecule has 0 aliphatic carbocycles. The second-order valence-corrected chi connectivity index (χ2v) is 6.84. The number of fused-ring (bicyclic) bond motifs is 1. The third kappa shape index (κ3) is 3.78. The third-order valence-corrected chi connectivity index (χ3v) is 4.87. The zero-order chi connectivity index (χ0) is 19.3. The van der Waals surface area contributed by atoms with Crippen molar-refractivity contribution in [2.45, 2.75) is 32.2 Å². The summed E-state index contributed by atoms with van der Waals surface area (Å²) in [4.78, 5) is 14.6. The van der Waals surface area contributed by atoms with E-state index in [2.05, 4.69) is 17.1 Å². The van der Waals surface area contributed by atoms with Crippen LogP contribution in [0, 0.1) is 0 Å². The molecule has 2 aromatic heterocycles. The van der Waals surface area contributed by atoms with Gasteiger partial charge in [0.25, 0.3) is 5.91 Å². The van der Waals surface area contributed by atoms with Crippen molar-refractivity contribution in [3.05, 3.63) is 54.5 Å². The van der Waals surface area contributed by atoms with Gasteiger partial charge in [0.2, 0.25) is 0 Å². The molecule has 0 radical (unpaired) electrons. The van der Waals surface area contributed by atoms with Crippen LogP contribution in [0.5, 0.6) is 11.5 Å². The van der Waals surface area contributed by atoms with Gasteiger partial charge in [0, 0.05) is 12.7 Å². The number of pyridine rings is 1. The van der Waals surface area contributed by atoms with E-state index < -0.39 is 0 Å². The van der Waals surface area contributed by atoms with Gasteiger partial charge in [-0.25, -0.2) is 0 Å². The van der Waals surface area contributed by atoms with Crippen LogP contribution in [0.2, 0.25) is 0 Å². The standard InChI is InChI=1S/C21H24N4O3/c1-2-14-27-16-8-10-17(11-9-16)28-15-20(26)24-13-5-6-18(24)21-23-22-19-7-3-4-12-25(19)21/h3-4,7-12,18H,2,5-6,13-15H2,1H3. The lowest BCUT2D eigenvalue weighted by atomic mass is 10.2. The highest BCUT2D eigenvalue weighted by Crippen LogP contribution is 2.31. The molecule has 1 aliphatic rings. The van der Waals surface area contributed by atoms with E-state index in [1.807, 2.05) is 58.0 Å². The summed E-state index contributed by atoms with van der Waals surface area (Å²) in [7, 11) is 0. The maximum absolute atomic E-state index is 12.8. The van der Waals surface area contributed by atoms with Crippen LogP contribution in [-0.4, -0.2) is 45.2 Å². The quantitative estimate of drug-likeness (QED) is 0.629. The first-order chi connectivity index (χ1) is 13.8. The first kappa shape index (κ1) is 18.3. The van der Waals surface area contributed by atoms with Gasteiger partial charge in [-0.2, -0.15) is 0 Å². The van der Waals surface area contributed by atoms with E-state index >= 15 is 0 Å². The van der Waals surface area contributed by atoms with Crippen LogP contribution >= 0.6 is 0 Å². The molecule has 1 unspecified atom stereocenters. The number of carbonyl (C=O) groups excluding carboxylic acids is 1. The van der Waals surface area contributed by atoms with Gasteiger partial charge in [0.05, 0.1) is 12.6 Å². The molecule has 3 heterocycles. The van der Waals surface area contributed by atoms with E-state index in [0.29, 0.717) is 18.9 Å². The Hall–Kier alpha value is -3.09. The van der Waals surface area contributed by atoms with Crippen LogP contribution in [-0.2, 0) is 4.79 Å². The summed E-state index contributed by atoms with van der Waals surface area (Å²) in [6.45, 7) is 3.46. The normalized spacial score (nSPS) is 16.5. The molecule has 3 aromatic rings. The Morgan fingerprint density at radius 2 is 1.89 bits per heavy atom. The number of carbonyl (C=O) groups is 1. The molecular formula is C21H24N4O3. The summed E-state index contributed by atoms with van der Waals surface area (Å²) in [5, 5.41) is 8.54. The number of aromatic nitrogens is 3. The minimum Gasteiger partial charge on any atom is -0.494 e. The number of nitrogens with zero attached hydrogens (tertiary/aromatic N) is 4. The fourth-order valence-electron chi connectivity index (χ4n) is 3.50. The molecule has 7 nitrogen and oxygen atoms in total. The van der Waals surface area contributed by atoms with Crippen LogP contribution in [0.3, 0.4) is 0 Å². The SMILES string of the molecule is CCCOc1ccc(OCC(=O)N2CCCC2c2nnc3ccccn23)cc1. The van der Waals surface area contributed by atoms with Gasteiger partial charge in [-0.3, -0.25) is 9.20 Å². The maximum atomic E-state index is 12.8. The Labute approximate surface area is 163 Å². The number of rotatable bonds is 7. The smallest absolute Gasteiger partial charge is 0.261 e. The van der Waals surface area contributed by atoms with Gasteiger partial charge in [-0.1, -0.05) is 13.0 Å². The lowest BCUT2D eigenvalue weighted by molar-refractivity contribution is -0.134. The molecule has 0 N–H and O–H groups in total. The first-order valence-electron chi connectivity index (χ1n) is 9.71. The summed E-state index contributed by atoms with van der Waals surface area (Å²) in [5.41, 5.74) is 0.790. The highest BCUT2D eigenvalue weighted by molar-refractivity contribution is 5.78. The molecule has 1 aromatic carbocycles. The predicted octanol–water partition coefficient (Wildman–Crippen LogP) is 3.26. The topological polar surface area (TPSA) is 69.0 Å². The fraction of sp³-hybridized carbons (Fsp3) is 0.381. The summed E-state index contributed by atoms with van der Waals surface area (Å²) in [6, 6.07) is 13.1.